The Kier molecular flexibility index (Phi) is 4.74. The molecule has 0 saturated carbocycles. The van der Waals surface area contributed by atoms with Gasteiger partial charge in [0.1, 0.15) is 0 Å². The van der Waals surface area contributed by atoms with Crippen molar-refractivity contribution < 1.29 is 40.2 Å². The van der Waals surface area contributed by atoms with Crippen molar-refractivity contribution in [1.29, 1.82) is 0 Å². The summed E-state index contributed by atoms with van der Waals surface area (Å²) in [7, 11) is 0. The molecule has 0 bridgehead atoms. The Labute approximate surface area is 105 Å². The fourth-order valence-corrected chi connectivity index (χ4v) is 1.01. The second-order valence-corrected chi connectivity index (χ2v) is 2.95. The van der Waals surface area contributed by atoms with Crippen LogP contribution in [0.3, 0.4) is 0 Å². The van der Waals surface area contributed by atoms with Crippen molar-refractivity contribution in [2.24, 2.45) is 11.5 Å². The maximum absolute atomic E-state index is 13.4. The molecule has 5 heteroatoms. The standard InChI is InChI=1S/C9H11FN2O.Na.H/c1-6-3-2-4-7(5-6)9(10,12)8(11)13;;/h2-5H,12H2,1H3,(H2,11,13);;/q;+1;-1. The summed E-state index contributed by atoms with van der Waals surface area (Å²) in [5.41, 5.74) is 10.8. The average Bonchev–Trinajstić information content (AvgIpc) is 2.04. The molecule has 0 heterocycles. The summed E-state index contributed by atoms with van der Waals surface area (Å²) in [4.78, 5) is 10.7. The minimum atomic E-state index is -2.58. The number of rotatable bonds is 2. The third kappa shape index (κ3) is 2.78. The number of carbonyl (C=O) groups is 1. The molecule has 1 atom stereocenters. The van der Waals surface area contributed by atoms with Crippen molar-refractivity contribution in [2.75, 3.05) is 0 Å². The summed E-state index contributed by atoms with van der Waals surface area (Å²) >= 11 is 0. The van der Waals surface area contributed by atoms with Crippen molar-refractivity contribution >= 4 is 5.91 Å². The van der Waals surface area contributed by atoms with Gasteiger partial charge in [-0.15, -0.1) is 0 Å². The monoisotopic (exact) mass is 206 g/mol. The van der Waals surface area contributed by atoms with Crippen molar-refractivity contribution in [3.8, 4) is 0 Å². The second kappa shape index (κ2) is 4.89. The molecule has 0 spiro atoms. The first-order chi connectivity index (χ1) is 5.94. The van der Waals surface area contributed by atoms with Crippen LogP contribution in [-0.4, -0.2) is 5.91 Å². The molecule has 14 heavy (non-hydrogen) atoms. The number of benzene rings is 1. The number of amides is 1. The van der Waals surface area contributed by atoms with Gasteiger partial charge >= 0.3 is 29.6 Å². The molecule has 0 aliphatic rings. The topological polar surface area (TPSA) is 69.1 Å². The first kappa shape index (κ1) is 13.6. The zero-order chi connectivity index (χ0) is 10.1. The largest absolute Gasteiger partial charge is 1.00 e. The van der Waals surface area contributed by atoms with Gasteiger partial charge in [-0.2, -0.15) is 0 Å². The second-order valence-electron chi connectivity index (χ2n) is 2.95. The summed E-state index contributed by atoms with van der Waals surface area (Å²) in [6.45, 7) is 1.78. The fourth-order valence-electron chi connectivity index (χ4n) is 1.01. The molecule has 1 rings (SSSR count). The van der Waals surface area contributed by atoms with Crippen LogP contribution in [0.1, 0.15) is 12.6 Å². The van der Waals surface area contributed by atoms with E-state index in [1.807, 2.05) is 0 Å². The van der Waals surface area contributed by atoms with Gasteiger partial charge in [-0.05, 0) is 6.92 Å². The summed E-state index contributed by atoms with van der Waals surface area (Å²) in [6.07, 6.45) is 0. The van der Waals surface area contributed by atoms with Crippen LogP contribution >= 0.6 is 0 Å². The van der Waals surface area contributed by atoms with E-state index in [0.717, 1.165) is 5.56 Å². The molecule has 0 fully saturated rings. The van der Waals surface area contributed by atoms with E-state index in [0.29, 0.717) is 0 Å². The number of hydrogen-bond acceptors (Lipinski definition) is 2. The molecular formula is C9H12FN2NaO. The molecule has 1 amide bonds. The predicted molar refractivity (Wildman–Crippen MR) is 48.5 cm³/mol. The van der Waals surface area contributed by atoms with E-state index < -0.39 is 11.7 Å². The number of carbonyl (C=O) groups excluding carboxylic acids is 1. The third-order valence-corrected chi connectivity index (χ3v) is 1.80. The van der Waals surface area contributed by atoms with E-state index >= 15 is 0 Å². The summed E-state index contributed by atoms with van der Waals surface area (Å²) in [6, 6.07) is 6.32. The van der Waals surface area contributed by atoms with E-state index in [1.54, 1.807) is 19.1 Å². The number of halogens is 1. The Hall–Kier alpha value is -0.420. The SMILES string of the molecule is Cc1cccc(C(N)(F)C(N)=O)c1.[H-].[Na+]. The molecule has 1 unspecified atom stereocenters. The average molecular weight is 206 g/mol. The Balaban J connectivity index is 0. The Morgan fingerprint density at radius 2 is 2.14 bits per heavy atom. The fraction of sp³-hybridized carbons (Fsp3) is 0.222. The van der Waals surface area contributed by atoms with Gasteiger partial charge in [0.15, 0.2) is 0 Å². The molecule has 1 aromatic rings. The van der Waals surface area contributed by atoms with Gasteiger partial charge in [-0.3, -0.25) is 10.5 Å². The third-order valence-electron chi connectivity index (χ3n) is 1.80. The summed E-state index contributed by atoms with van der Waals surface area (Å²) in [5, 5.41) is 0. The van der Waals surface area contributed by atoms with Crippen molar-refractivity contribution in [1.82, 2.24) is 0 Å². The molecule has 0 aliphatic heterocycles. The van der Waals surface area contributed by atoms with Gasteiger partial charge < -0.3 is 7.16 Å². The van der Waals surface area contributed by atoms with Crippen LogP contribution in [0.2, 0.25) is 0 Å². The van der Waals surface area contributed by atoms with Crippen LogP contribution in [0.15, 0.2) is 24.3 Å². The van der Waals surface area contributed by atoms with E-state index in [1.165, 1.54) is 12.1 Å². The first-order valence-electron chi connectivity index (χ1n) is 3.79. The molecule has 1 aromatic carbocycles. The predicted octanol–water partition coefficient (Wildman–Crippen LogP) is -2.32. The number of alkyl halides is 1. The Morgan fingerprint density at radius 3 is 2.57 bits per heavy atom. The van der Waals surface area contributed by atoms with Crippen LogP contribution < -0.4 is 41.0 Å². The van der Waals surface area contributed by atoms with E-state index in [9.17, 15) is 9.18 Å². The van der Waals surface area contributed by atoms with E-state index in [2.05, 4.69) is 0 Å². The quantitative estimate of drug-likeness (QED) is 0.421. The van der Waals surface area contributed by atoms with Gasteiger partial charge in [-0.1, -0.05) is 29.8 Å². The number of aryl methyl sites for hydroxylation is 1. The van der Waals surface area contributed by atoms with Crippen LogP contribution in [0.4, 0.5) is 4.39 Å². The molecule has 4 N–H and O–H groups in total. The number of primary amides is 1. The normalized spacial score (nSPS) is 13.9. The molecule has 0 radical (unpaired) electrons. The summed E-state index contributed by atoms with van der Waals surface area (Å²) in [5.74, 6) is -3.76. The van der Waals surface area contributed by atoms with Crippen LogP contribution in [0.25, 0.3) is 0 Å². The molecule has 72 valence electrons. The maximum Gasteiger partial charge on any atom is 1.00 e. The molecule has 0 saturated heterocycles. The van der Waals surface area contributed by atoms with Gasteiger partial charge in [0.25, 0.3) is 11.7 Å². The summed E-state index contributed by atoms with van der Waals surface area (Å²) < 4.78 is 13.4. The van der Waals surface area contributed by atoms with Crippen molar-refractivity contribution in [2.45, 2.75) is 12.7 Å². The van der Waals surface area contributed by atoms with Crippen molar-refractivity contribution in [3.05, 3.63) is 35.4 Å². The van der Waals surface area contributed by atoms with Crippen molar-refractivity contribution in [3.63, 3.8) is 0 Å². The minimum absolute atomic E-state index is 0. The van der Waals surface area contributed by atoms with Gasteiger partial charge in [0.05, 0.1) is 0 Å². The van der Waals surface area contributed by atoms with E-state index in [-0.39, 0.29) is 36.5 Å². The zero-order valence-electron chi connectivity index (χ0n) is 9.25. The van der Waals surface area contributed by atoms with E-state index in [4.69, 9.17) is 11.5 Å². The molecule has 3 nitrogen and oxygen atoms in total. The minimum Gasteiger partial charge on any atom is -1.00 e. The van der Waals surface area contributed by atoms with Gasteiger partial charge in [-0.25, -0.2) is 4.39 Å². The van der Waals surface area contributed by atoms with Gasteiger partial charge in [0, 0.05) is 5.56 Å². The smallest absolute Gasteiger partial charge is 1.00 e. The van der Waals surface area contributed by atoms with Crippen LogP contribution in [0, 0.1) is 6.92 Å². The van der Waals surface area contributed by atoms with Crippen LogP contribution in [0.5, 0.6) is 0 Å². The number of nitrogens with two attached hydrogens (primary N) is 2. The molecule has 0 aromatic heterocycles. The Morgan fingerprint density at radius 1 is 1.57 bits per heavy atom. The Bertz CT molecular complexity index is 347. The molecule has 0 aliphatic carbocycles. The maximum atomic E-state index is 13.4. The first-order valence-corrected chi connectivity index (χ1v) is 3.79. The molecular weight excluding hydrogens is 194 g/mol. The zero-order valence-corrected chi connectivity index (χ0v) is 10.3. The number of hydrogen-bond donors (Lipinski definition) is 2. The van der Waals surface area contributed by atoms with Crippen LogP contribution in [-0.2, 0) is 10.6 Å². The van der Waals surface area contributed by atoms with Gasteiger partial charge in [0.2, 0.25) is 0 Å².